The van der Waals surface area contributed by atoms with E-state index in [9.17, 15) is 8.42 Å². The molecule has 0 saturated heterocycles. The Kier molecular flexibility index (Phi) is 4.27. The summed E-state index contributed by atoms with van der Waals surface area (Å²) in [5.74, 6) is 0. The van der Waals surface area contributed by atoms with Crippen LogP contribution < -0.4 is 10.5 Å². The maximum absolute atomic E-state index is 12.3. The van der Waals surface area contributed by atoms with Crippen molar-refractivity contribution >= 4 is 48.9 Å². The molecule has 20 heavy (non-hydrogen) atoms. The summed E-state index contributed by atoms with van der Waals surface area (Å²) in [5, 5.41) is 0.163. The van der Waals surface area contributed by atoms with Gasteiger partial charge in [-0.05, 0) is 52.7 Å². The Labute approximate surface area is 131 Å². The van der Waals surface area contributed by atoms with Crippen LogP contribution in [-0.4, -0.2) is 8.42 Å². The quantitative estimate of drug-likeness (QED) is 0.802. The van der Waals surface area contributed by atoms with Gasteiger partial charge in [-0.1, -0.05) is 23.7 Å². The van der Waals surface area contributed by atoms with E-state index in [1.54, 1.807) is 24.3 Å². The maximum Gasteiger partial charge on any atom is 0.263 e. The Balaban J connectivity index is 2.44. The van der Waals surface area contributed by atoms with E-state index in [2.05, 4.69) is 20.7 Å². The van der Waals surface area contributed by atoms with E-state index in [1.807, 2.05) is 6.92 Å². The summed E-state index contributed by atoms with van der Waals surface area (Å²) in [5.41, 5.74) is 7.53. The Bertz CT molecular complexity index is 763. The molecule has 0 amide bonds. The second-order valence-electron chi connectivity index (χ2n) is 4.22. The fourth-order valence-corrected chi connectivity index (χ4v) is 3.91. The van der Waals surface area contributed by atoms with E-state index in [4.69, 9.17) is 17.3 Å². The van der Waals surface area contributed by atoms with E-state index in [-0.39, 0.29) is 9.92 Å². The highest BCUT2D eigenvalue weighted by atomic mass is 79.9. The minimum Gasteiger partial charge on any atom is -0.398 e. The fraction of sp³-hybridized carbons (Fsp3) is 0.0769. The van der Waals surface area contributed by atoms with Gasteiger partial charge < -0.3 is 5.73 Å². The van der Waals surface area contributed by atoms with Gasteiger partial charge in [-0.3, -0.25) is 4.72 Å². The Morgan fingerprint density at radius 1 is 1.25 bits per heavy atom. The first-order valence-corrected chi connectivity index (χ1v) is 8.29. The summed E-state index contributed by atoms with van der Waals surface area (Å²) in [6.45, 7) is 1.84. The lowest BCUT2D eigenvalue weighted by Crippen LogP contribution is -2.14. The molecule has 0 aromatic heterocycles. The van der Waals surface area contributed by atoms with E-state index in [0.717, 1.165) is 5.56 Å². The van der Waals surface area contributed by atoms with Crippen LogP contribution in [0, 0.1) is 6.92 Å². The minimum atomic E-state index is -3.76. The zero-order chi connectivity index (χ0) is 14.9. The van der Waals surface area contributed by atoms with Crippen LogP contribution in [0.25, 0.3) is 0 Å². The lowest BCUT2D eigenvalue weighted by atomic mass is 10.2. The van der Waals surface area contributed by atoms with Crippen LogP contribution >= 0.6 is 27.5 Å². The number of aryl methyl sites for hydroxylation is 1. The van der Waals surface area contributed by atoms with Crippen molar-refractivity contribution in [3.05, 3.63) is 51.5 Å². The van der Waals surface area contributed by atoms with Gasteiger partial charge in [0.05, 0.1) is 10.7 Å². The van der Waals surface area contributed by atoms with E-state index < -0.39 is 10.0 Å². The summed E-state index contributed by atoms with van der Waals surface area (Å²) in [7, 11) is -3.76. The molecule has 2 aromatic rings. The fourth-order valence-electron chi connectivity index (χ4n) is 1.63. The molecule has 0 spiro atoms. The zero-order valence-electron chi connectivity index (χ0n) is 10.5. The van der Waals surface area contributed by atoms with Crippen molar-refractivity contribution in [1.29, 1.82) is 0 Å². The van der Waals surface area contributed by atoms with Gasteiger partial charge in [-0.25, -0.2) is 8.42 Å². The lowest BCUT2D eigenvalue weighted by molar-refractivity contribution is 0.601. The minimum absolute atomic E-state index is 0.0210. The number of nitrogens with two attached hydrogens (primary N) is 1. The summed E-state index contributed by atoms with van der Waals surface area (Å²) < 4.78 is 27.7. The number of nitrogen functional groups attached to an aromatic ring is 1. The van der Waals surface area contributed by atoms with Gasteiger partial charge >= 0.3 is 0 Å². The first kappa shape index (κ1) is 15.2. The topological polar surface area (TPSA) is 72.2 Å². The normalized spacial score (nSPS) is 11.3. The van der Waals surface area contributed by atoms with Crippen molar-refractivity contribution in [2.45, 2.75) is 11.8 Å². The number of rotatable bonds is 3. The number of anilines is 2. The second-order valence-corrected chi connectivity index (χ2v) is 7.14. The molecule has 0 heterocycles. The van der Waals surface area contributed by atoms with Crippen LogP contribution in [0.1, 0.15) is 5.56 Å². The average Bonchev–Trinajstić information content (AvgIpc) is 2.36. The van der Waals surface area contributed by atoms with Gasteiger partial charge in [0.15, 0.2) is 0 Å². The molecule has 4 nitrogen and oxygen atoms in total. The number of hydrogen-bond acceptors (Lipinski definition) is 3. The summed E-state index contributed by atoms with van der Waals surface area (Å²) in [6.07, 6.45) is 0. The molecule has 0 radical (unpaired) electrons. The Morgan fingerprint density at radius 3 is 2.55 bits per heavy atom. The molecule has 0 aliphatic carbocycles. The predicted molar refractivity (Wildman–Crippen MR) is 85.6 cm³/mol. The molecule has 0 bridgehead atoms. The van der Waals surface area contributed by atoms with Crippen LogP contribution in [0.15, 0.2) is 45.8 Å². The molecule has 0 aliphatic rings. The van der Waals surface area contributed by atoms with Crippen molar-refractivity contribution < 1.29 is 8.42 Å². The molecule has 2 aromatic carbocycles. The van der Waals surface area contributed by atoms with Crippen molar-refractivity contribution in [3.63, 3.8) is 0 Å². The second kappa shape index (κ2) is 5.63. The zero-order valence-corrected chi connectivity index (χ0v) is 13.7. The molecular formula is C13H12BrClN2O2S. The molecule has 0 saturated carbocycles. The van der Waals surface area contributed by atoms with Gasteiger partial charge in [-0.2, -0.15) is 0 Å². The molecule has 7 heteroatoms. The van der Waals surface area contributed by atoms with Crippen molar-refractivity contribution in [2.75, 3.05) is 10.5 Å². The molecule has 0 unspecified atom stereocenters. The summed E-state index contributed by atoms with van der Waals surface area (Å²) in [4.78, 5) is 0.0210. The Morgan fingerprint density at radius 2 is 1.90 bits per heavy atom. The number of nitrogens with one attached hydrogen (secondary N) is 1. The molecule has 3 N–H and O–H groups in total. The standard InChI is InChI=1S/C13H12BrClN2O2S/c1-8-6-9(14)12(7-11(8)16)17-20(18,19)13-5-3-2-4-10(13)15/h2-7,17H,16H2,1H3. The highest BCUT2D eigenvalue weighted by Crippen LogP contribution is 2.31. The molecule has 0 atom stereocenters. The van der Waals surface area contributed by atoms with Gasteiger partial charge in [0.1, 0.15) is 4.90 Å². The molecular weight excluding hydrogens is 364 g/mol. The molecule has 106 valence electrons. The van der Waals surface area contributed by atoms with Gasteiger partial charge in [0, 0.05) is 10.2 Å². The van der Waals surface area contributed by atoms with Gasteiger partial charge in [0.2, 0.25) is 0 Å². The molecule has 0 fully saturated rings. The number of sulfonamides is 1. The van der Waals surface area contributed by atoms with Crippen molar-refractivity contribution in [1.82, 2.24) is 0 Å². The maximum atomic E-state index is 12.3. The Hall–Kier alpha value is -1.24. The summed E-state index contributed by atoms with van der Waals surface area (Å²) in [6, 6.07) is 9.55. The van der Waals surface area contributed by atoms with E-state index in [0.29, 0.717) is 15.8 Å². The van der Waals surface area contributed by atoms with Crippen LogP contribution in [-0.2, 0) is 10.0 Å². The van der Waals surface area contributed by atoms with Crippen molar-refractivity contribution in [3.8, 4) is 0 Å². The van der Waals surface area contributed by atoms with Gasteiger partial charge in [-0.15, -0.1) is 0 Å². The van der Waals surface area contributed by atoms with E-state index >= 15 is 0 Å². The highest BCUT2D eigenvalue weighted by Gasteiger charge is 2.19. The first-order valence-electron chi connectivity index (χ1n) is 5.64. The average molecular weight is 376 g/mol. The smallest absolute Gasteiger partial charge is 0.263 e. The lowest BCUT2D eigenvalue weighted by Gasteiger charge is -2.12. The largest absolute Gasteiger partial charge is 0.398 e. The number of halogens is 2. The SMILES string of the molecule is Cc1cc(Br)c(NS(=O)(=O)c2ccccc2Cl)cc1N. The number of benzene rings is 2. The first-order chi connectivity index (χ1) is 9.31. The van der Waals surface area contributed by atoms with Crippen LogP contribution in [0.4, 0.5) is 11.4 Å². The third-order valence-electron chi connectivity index (χ3n) is 2.73. The third kappa shape index (κ3) is 3.08. The predicted octanol–water partition coefficient (Wildman–Crippen LogP) is 3.79. The third-order valence-corrected chi connectivity index (χ3v) is 5.25. The summed E-state index contributed by atoms with van der Waals surface area (Å²) >= 11 is 9.23. The van der Waals surface area contributed by atoms with Crippen molar-refractivity contribution in [2.24, 2.45) is 0 Å². The molecule has 2 rings (SSSR count). The monoisotopic (exact) mass is 374 g/mol. The van der Waals surface area contributed by atoms with E-state index in [1.165, 1.54) is 12.1 Å². The van der Waals surface area contributed by atoms with Crippen LogP contribution in [0.2, 0.25) is 5.02 Å². The van der Waals surface area contributed by atoms with Gasteiger partial charge in [0.25, 0.3) is 10.0 Å². The van der Waals surface area contributed by atoms with Crippen LogP contribution in [0.5, 0.6) is 0 Å². The highest BCUT2D eigenvalue weighted by molar-refractivity contribution is 9.10. The molecule has 0 aliphatic heterocycles. The van der Waals surface area contributed by atoms with Crippen LogP contribution in [0.3, 0.4) is 0 Å². The number of hydrogen-bond donors (Lipinski definition) is 2.